The molecule has 1 saturated heterocycles. The lowest BCUT2D eigenvalue weighted by Gasteiger charge is -2.22. The van der Waals surface area contributed by atoms with Crippen LogP contribution >= 0.6 is 0 Å². The summed E-state index contributed by atoms with van der Waals surface area (Å²) in [5.74, 6) is 2.52. The minimum Gasteiger partial charge on any atom is -0.492 e. The van der Waals surface area contributed by atoms with Gasteiger partial charge in [-0.25, -0.2) is 0 Å². The summed E-state index contributed by atoms with van der Waals surface area (Å²) >= 11 is 0. The lowest BCUT2D eigenvalue weighted by molar-refractivity contribution is 0.219. The van der Waals surface area contributed by atoms with E-state index < -0.39 is 0 Å². The van der Waals surface area contributed by atoms with E-state index in [1.54, 1.807) is 0 Å². The second-order valence-electron chi connectivity index (χ2n) is 6.78. The van der Waals surface area contributed by atoms with Crippen LogP contribution in [-0.4, -0.2) is 37.7 Å². The SMILES string of the molecule is CC1(CN)CCN(CCOc2ccc(Oc3ccccc3)cc2)C1. The molecule has 0 saturated carbocycles. The molecule has 2 N–H and O–H groups in total. The van der Waals surface area contributed by atoms with E-state index in [9.17, 15) is 0 Å². The molecule has 24 heavy (non-hydrogen) atoms. The molecule has 0 aliphatic carbocycles. The summed E-state index contributed by atoms with van der Waals surface area (Å²) in [6.45, 7) is 6.83. The zero-order valence-electron chi connectivity index (χ0n) is 14.3. The first-order valence-corrected chi connectivity index (χ1v) is 8.55. The summed E-state index contributed by atoms with van der Waals surface area (Å²) in [5.41, 5.74) is 6.12. The molecular weight excluding hydrogens is 300 g/mol. The van der Waals surface area contributed by atoms with Crippen LogP contribution in [-0.2, 0) is 0 Å². The average molecular weight is 326 g/mol. The van der Waals surface area contributed by atoms with Crippen molar-refractivity contribution in [2.24, 2.45) is 11.1 Å². The van der Waals surface area contributed by atoms with Gasteiger partial charge in [0.15, 0.2) is 0 Å². The number of nitrogens with zero attached hydrogens (tertiary/aromatic N) is 1. The highest BCUT2D eigenvalue weighted by molar-refractivity contribution is 5.35. The number of hydrogen-bond donors (Lipinski definition) is 1. The van der Waals surface area contributed by atoms with Crippen LogP contribution in [0.25, 0.3) is 0 Å². The molecule has 1 aliphatic rings. The highest BCUT2D eigenvalue weighted by atomic mass is 16.5. The molecule has 1 atom stereocenters. The van der Waals surface area contributed by atoms with E-state index in [1.165, 1.54) is 6.42 Å². The molecule has 1 fully saturated rings. The summed E-state index contributed by atoms with van der Waals surface area (Å²) in [6.07, 6.45) is 1.18. The molecule has 1 aliphatic heterocycles. The maximum atomic E-state index is 5.85. The van der Waals surface area contributed by atoms with Crippen LogP contribution in [0.1, 0.15) is 13.3 Å². The third-order valence-electron chi connectivity index (χ3n) is 4.61. The Labute approximate surface area is 144 Å². The molecule has 0 amide bonds. The Morgan fingerprint density at radius 1 is 1.00 bits per heavy atom. The van der Waals surface area contributed by atoms with Crippen molar-refractivity contribution in [3.8, 4) is 17.2 Å². The third kappa shape index (κ3) is 4.49. The van der Waals surface area contributed by atoms with Gasteiger partial charge in [0.05, 0.1) is 0 Å². The van der Waals surface area contributed by atoms with Crippen LogP contribution in [0, 0.1) is 5.41 Å². The Morgan fingerprint density at radius 2 is 1.67 bits per heavy atom. The highest BCUT2D eigenvalue weighted by Crippen LogP contribution is 2.28. The summed E-state index contributed by atoms with van der Waals surface area (Å²) in [7, 11) is 0. The Kier molecular flexibility index (Phi) is 5.38. The van der Waals surface area contributed by atoms with E-state index in [4.69, 9.17) is 15.2 Å². The first-order valence-electron chi connectivity index (χ1n) is 8.55. The van der Waals surface area contributed by atoms with Gasteiger partial charge in [-0.2, -0.15) is 0 Å². The van der Waals surface area contributed by atoms with Gasteiger partial charge in [0.1, 0.15) is 23.9 Å². The van der Waals surface area contributed by atoms with Gasteiger partial charge >= 0.3 is 0 Å². The number of para-hydroxylation sites is 1. The largest absolute Gasteiger partial charge is 0.492 e. The first-order chi connectivity index (χ1) is 11.7. The first kappa shape index (κ1) is 16.8. The predicted molar refractivity (Wildman–Crippen MR) is 96.7 cm³/mol. The minimum atomic E-state index is 0.274. The number of benzene rings is 2. The van der Waals surface area contributed by atoms with E-state index in [-0.39, 0.29) is 5.41 Å². The Balaban J connectivity index is 1.43. The van der Waals surface area contributed by atoms with Gasteiger partial charge in [-0.05, 0) is 61.3 Å². The lowest BCUT2D eigenvalue weighted by atomic mass is 9.90. The Bertz CT molecular complexity index is 630. The quantitative estimate of drug-likeness (QED) is 0.845. The van der Waals surface area contributed by atoms with E-state index >= 15 is 0 Å². The van der Waals surface area contributed by atoms with E-state index in [2.05, 4.69) is 11.8 Å². The van der Waals surface area contributed by atoms with Crippen molar-refractivity contribution in [3.05, 3.63) is 54.6 Å². The van der Waals surface area contributed by atoms with Crippen LogP contribution in [0.3, 0.4) is 0 Å². The van der Waals surface area contributed by atoms with E-state index in [0.717, 1.165) is 43.4 Å². The molecular formula is C20H26N2O2. The number of rotatable bonds is 7. The van der Waals surface area contributed by atoms with Crippen molar-refractivity contribution < 1.29 is 9.47 Å². The van der Waals surface area contributed by atoms with E-state index in [0.29, 0.717) is 6.61 Å². The van der Waals surface area contributed by atoms with Gasteiger partial charge in [0, 0.05) is 13.1 Å². The summed E-state index contributed by atoms with van der Waals surface area (Å²) in [6, 6.07) is 17.5. The molecule has 2 aromatic carbocycles. The molecule has 128 valence electrons. The molecule has 4 nitrogen and oxygen atoms in total. The Morgan fingerprint density at radius 3 is 2.33 bits per heavy atom. The Hall–Kier alpha value is -2.04. The molecule has 0 bridgehead atoms. The minimum absolute atomic E-state index is 0.274. The van der Waals surface area contributed by atoms with Crippen LogP contribution in [0.4, 0.5) is 0 Å². The number of ether oxygens (including phenoxy) is 2. The molecule has 0 radical (unpaired) electrons. The number of hydrogen-bond acceptors (Lipinski definition) is 4. The molecule has 1 unspecified atom stereocenters. The lowest BCUT2D eigenvalue weighted by Crippen LogP contribution is -2.33. The van der Waals surface area contributed by atoms with Crippen molar-refractivity contribution >= 4 is 0 Å². The second-order valence-corrected chi connectivity index (χ2v) is 6.78. The van der Waals surface area contributed by atoms with Gasteiger partial charge in [-0.1, -0.05) is 25.1 Å². The molecule has 4 heteroatoms. The molecule has 0 spiro atoms. The zero-order chi connectivity index (χ0) is 16.8. The molecule has 1 heterocycles. The van der Waals surface area contributed by atoms with Gasteiger partial charge in [0.25, 0.3) is 0 Å². The van der Waals surface area contributed by atoms with Gasteiger partial charge in [-0.15, -0.1) is 0 Å². The van der Waals surface area contributed by atoms with Gasteiger partial charge in [0.2, 0.25) is 0 Å². The van der Waals surface area contributed by atoms with Crippen molar-refractivity contribution in [3.63, 3.8) is 0 Å². The molecule has 2 aromatic rings. The van der Waals surface area contributed by atoms with Crippen molar-refractivity contribution in [2.45, 2.75) is 13.3 Å². The average Bonchev–Trinajstić information content (AvgIpc) is 2.99. The van der Waals surface area contributed by atoms with Crippen LogP contribution in [0.2, 0.25) is 0 Å². The standard InChI is InChI=1S/C20H26N2O2/c1-20(15-21)11-12-22(16-20)13-14-23-17-7-9-19(10-8-17)24-18-5-3-2-4-6-18/h2-10H,11-16,21H2,1H3. The fraction of sp³-hybridized carbons (Fsp3) is 0.400. The maximum Gasteiger partial charge on any atom is 0.127 e. The van der Waals surface area contributed by atoms with Crippen molar-refractivity contribution in [1.82, 2.24) is 4.90 Å². The number of likely N-dealkylation sites (tertiary alicyclic amines) is 1. The van der Waals surface area contributed by atoms with Crippen LogP contribution < -0.4 is 15.2 Å². The summed E-state index contributed by atoms with van der Waals surface area (Å²) < 4.78 is 11.6. The topological polar surface area (TPSA) is 47.7 Å². The fourth-order valence-electron chi connectivity index (χ4n) is 3.00. The normalized spacial score (nSPS) is 20.9. The fourth-order valence-corrected chi connectivity index (χ4v) is 3.00. The molecule has 0 aromatic heterocycles. The monoisotopic (exact) mass is 326 g/mol. The summed E-state index contributed by atoms with van der Waals surface area (Å²) in [4.78, 5) is 2.43. The second kappa shape index (κ2) is 7.69. The number of nitrogens with two attached hydrogens (primary N) is 1. The van der Waals surface area contributed by atoms with Gasteiger partial charge in [-0.3, -0.25) is 4.90 Å². The van der Waals surface area contributed by atoms with Crippen LogP contribution in [0.15, 0.2) is 54.6 Å². The predicted octanol–water partition coefficient (Wildman–Crippen LogP) is 3.53. The molecule has 3 rings (SSSR count). The maximum absolute atomic E-state index is 5.85. The van der Waals surface area contributed by atoms with Crippen LogP contribution in [0.5, 0.6) is 17.2 Å². The zero-order valence-corrected chi connectivity index (χ0v) is 14.3. The highest BCUT2D eigenvalue weighted by Gasteiger charge is 2.31. The van der Waals surface area contributed by atoms with Gasteiger partial charge < -0.3 is 15.2 Å². The van der Waals surface area contributed by atoms with Crippen molar-refractivity contribution in [2.75, 3.05) is 32.8 Å². The smallest absolute Gasteiger partial charge is 0.127 e. The van der Waals surface area contributed by atoms with E-state index in [1.807, 2.05) is 54.6 Å². The third-order valence-corrected chi connectivity index (χ3v) is 4.61. The van der Waals surface area contributed by atoms with Crippen molar-refractivity contribution in [1.29, 1.82) is 0 Å². The summed E-state index contributed by atoms with van der Waals surface area (Å²) in [5, 5.41) is 0.